The van der Waals surface area contributed by atoms with Crippen LogP contribution >= 0.6 is 0 Å². The molecular weight excluding hydrogens is 363 g/mol. The molecule has 1 atom stereocenters. The molecule has 2 N–H and O–H groups in total. The Kier molecular flexibility index (Phi) is 5.94. The summed E-state index contributed by atoms with van der Waals surface area (Å²) < 4.78 is 43.0. The first kappa shape index (κ1) is 19.2. The van der Waals surface area contributed by atoms with Gasteiger partial charge in [-0.15, -0.1) is 0 Å². The molecule has 0 saturated carbocycles. The first-order chi connectivity index (χ1) is 12.9. The molecule has 10 heteroatoms. The van der Waals surface area contributed by atoms with Crippen LogP contribution < -0.4 is 15.4 Å². The van der Waals surface area contributed by atoms with Crippen LogP contribution in [0, 0.1) is 0 Å². The number of nitrogens with zero attached hydrogens (tertiary/aromatic N) is 3. The van der Waals surface area contributed by atoms with Crippen molar-refractivity contribution in [1.29, 1.82) is 0 Å². The molecule has 7 nitrogen and oxygen atoms in total. The number of carbonyl (C=O) groups excluding carboxylic acids is 1. The summed E-state index contributed by atoms with van der Waals surface area (Å²) in [5.41, 5.74) is 0.870. The molecule has 1 aliphatic heterocycles. The fraction of sp³-hybridized carbons (Fsp3) is 0.471. The second-order valence-electron chi connectivity index (χ2n) is 6.27. The Balaban J connectivity index is 1.54. The Labute approximate surface area is 153 Å². The van der Waals surface area contributed by atoms with Gasteiger partial charge in [0.05, 0.1) is 6.04 Å². The lowest BCUT2D eigenvalue weighted by Gasteiger charge is -2.22. The van der Waals surface area contributed by atoms with Crippen molar-refractivity contribution in [2.75, 3.05) is 19.7 Å². The molecule has 146 valence electrons. The number of piperidine rings is 1. The molecule has 3 heterocycles. The highest BCUT2D eigenvalue weighted by molar-refractivity contribution is 5.92. The van der Waals surface area contributed by atoms with Gasteiger partial charge >= 0.3 is 6.18 Å². The minimum atomic E-state index is -4.43. The molecule has 2 aromatic heterocycles. The molecular formula is C17H20F3N5O2. The maximum absolute atomic E-state index is 12.3. The Morgan fingerprint density at radius 3 is 3.00 bits per heavy atom. The van der Waals surface area contributed by atoms with Crippen molar-refractivity contribution in [3.63, 3.8) is 0 Å². The minimum absolute atomic E-state index is 0.127. The van der Waals surface area contributed by atoms with Crippen molar-refractivity contribution in [2.45, 2.75) is 31.6 Å². The molecule has 1 unspecified atom stereocenters. The summed E-state index contributed by atoms with van der Waals surface area (Å²) in [5.74, 6) is -0.500. The lowest BCUT2D eigenvalue weighted by molar-refractivity contribution is -0.154. The number of aromatic nitrogens is 3. The highest BCUT2D eigenvalue weighted by atomic mass is 19.4. The van der Waals surface area contributed by atoms with Crippen LogP contribution in [0.2, 0.25) is 0 Å². The average Bonchev–Trinajstić information content (AvgIpc) is 3.15. The van der Waals surface area contributed by atoms with E-state index in [0.29, 0.717) is 11.3 Å². The number of hydrogen-bond acceptors (Lipinski definition) is 5. The van der Waals surface area contributed by atoms with Crippen LogP contribution in [0.25, 0.3) is 0 Å². The largest absolute Gasteiger partial charge is 0.468 e. The topological polar surface area (TPSA) is 81.1 Å². The fourth-order valence-corrected chi connectivity index (χ4v) is 2.79. The molecule has 0 spiro atoms. The predicted molar refractivity (Wildman–Crippen MR) is 90.3 cm³/mol. The number of ether oxygens (including phenoxy) is 1. The standard InChI is InChI=1S/C17H20F3N5O2/c18-17(19,20)11-27-15-8-12(3-6-22-15)9-23-16(26)14-4-7-25(24-14)13-2-1-5-21-10-13/h3-4,6-8,13,21H,1-2,5,9-11H2,(H,23,26). The molecule has 1 amide bonds. The quantitative estimate of drug-likeness (QED) is 0.798. The summed E-state index contributed by atoms with van der Waals surface area (Å²) in [6.07, 6.45) is 0.749. The monoisotopic (exact) mass is 383 g/mol. The second kappa shape index (κ2) is 8.38. The van der Waals surface area contributed by atoms with Crippen molar-refractivity contribution in [3.05, 3.63) is 41.9 Å². The van der Waals surface area contributed by atoms with Crippen LogP contribution in [0.3, 0.4) is 0 Å². The molecule has 1 aliphatic rings. The van der Waals surface area contributed by atoms with E-state index in [1.807, 2.05) is 0 Å². The van der Waals surface area contributed by atoms with Gasteiger partial charge in [0.15, 0.2) is 6.61 Å². The van der Waals surface area contributed by atoms with Gasteiger partial charge in [-0.1, -0.05) is 0 Å². The zero-order valence-electron chi connectivity index (χ0n) is 14.5. The van der Waals surface area contributed by atoms with Gasteiger partial charge in [-0.25, -0.2) is 4.98 Å². The highest BCUT2D eigenvalue weighted by Crippen LogP contribution is 2.18. The fourth-order valence-electron chi connectivity index (χ4n) is 2.79. The lowest BCUT2D eigenvalue weighted by Crippen LogP contribution is -2.32. The smallest absolute Gasteiger partial charge is 0.422 e. The first-order valence-electron chi connectivity index (χ1n) is 8.59. The molecule has 27 heavy (non-hydrogen) atoms. The number of carbonyl (C=O) groups is 1. The van der Waals surface area contributed by atoms with Crippen LogP contribution in [-0.2, 0) is 6.54 Å². The zero-order valence-corrected chi connectivity index (χ0v) is 14.5. The third-order valence-electron chi connectivity index (χ3n) is 4.12. The third kappa shape index (κ3) is 5.68. The third-order valence-corrected chi connectivity index (χ3v) is 4.12. The molecule has 0 aromatic carbocycles. The molecule has 1 saturated heterocycles. The van der Waals surface area contributed by atoms with Gasteiger partial charge in [-0.3, -0.25) is 9.48 Å². The highest BCUT2D eigenvalue weighted by Gasteiger charge is 2.28. The number of rotatable bonds is 6. The number of halogens is 3. The Morgan fingerprint density at radius 2 is 2.26 bits per heavy atom. The van der Waals surface area contributed by atoms with Crippen molar-refractivity contribution < 1.29 is 22.7 Å². The maximum Gasteiger partial charge on any atom is 0.422 e. The van der Waals surface area contributed by atoms with E-state index in [1.54, 1.807) is 23.0 Å². The lowest BCUT2D eigenvalue weighted by atomic mass is 10.1. The van der Waals surface area contributed by atoms with Gasteiger partial charge in [0, 0.05) is 31.5 Å². The normalized spacial score (nSPS) is 17.5. The molecule has 0 bridgehead atoms. The van der Waals surface area contributed by atoms with Gasteiger partial charge < -0.3 is 15.4 Å². The van der Waals surface area contributed by atoms with E-state index in [-0.39, 0.29) is 24.4 Å². The van der Waals surface area contributed by atoms with Crippen molar-refractivity contribution in [1.82, 2.24) is 25.4 Å². The number of hydrogen-bond donors (Lipinski definition) is 2. The summed E-state index contributed by atoms with van der Waals surface area (Å²) in [7, 11) is 0. The Bertz CT molecular complexity index is 772. The van der Waals surface area contributed by atoms with Crippen molar-refractivity contribution >= 4 is 5.91 Å². The van der Waals surface area contributed by atoms with E-state index in [2.05, 4.69) is 25.5 Å². The summed E-state index contributed by atoms with van der Waals surface area (Å²) in [5, 5.41) is 10.3. The molecule has 0 aliphatic carbocycles. The Morgan fingerprint density at radius 1 is 1.41 bits per heavy atom. The predicted octanol–water partition coefficient (Wildman–Crippen LogP) is 2.07. The second-order valence-corrected chi connectivity index (χ2v) is 6.27. The van der Waals surface area contributed by atoms with Crippen molar-refractivity contribution in [2.24, 2.45) is 0 Å². The van der Waals surface area contributed by atoms with E-state index >= 15 is 0 Å². The zero-order chi connectivity index (χ0) is 19.3. The molecule has 3 rings (SSSR count). The van der Waals surface area contributed by atoms with E-state index < -0.39 is 12.8 Å². The average molecular weight is 383 g/mol. The molecule has 1 fully saturated rings. The van der Waals surface area contributed by atoms with Crippen LogP contribution in [0.5, 0.6) is 5.88 Å². The summed E-state index contributed by atoms with van der Waals surface area (Å²) in [4.78, 5) is 16.0. The number of nitrogens with one attached hydrogen (secondary N) is 2. The number of alkyl halides is 3. The minimum Gasteiger partial charge on any atom is -0.468 e. The summed E-state index contributed by atoms with van der Waals surface area (Å²) in [6.45, 7) is 0.525. The maximum atomic E-state index is 12.3. The van der Waals surface area contributed by atoms with Gasteiger partial charge in [-0.2, -0.15) is 18.3 Å². The summed E-state index contributed by atoms with van der Waals surface area (Å²) >= 11 is 0. The SMILES string of the molecule is O=C(NCc1ccnc(OCC(F)(F)F)c1)c1ccn(C2CCCNC2)n1. The Hall–Kier alpha value is -2.62. The molecule has 2 aromatic rings. The van der Waals surface area contributed by atoms with Gasteiger partial charge in [0.25, 0.3) is 5.91 Å². The van der Waals surface area contributed by atoms with Crippen LogP contribution in [-0.4, -0.2) is 46.5 Å². The van der Waals surface area contributed by atoms with Crippen molar-refractivity contribution in [3.8, 4) is 5.88 Å². The first-order valence-corrected chi connectivity index (χ1v) is 8.59. The number of amides is 1. The van der Waals surface area contributed by atoms with Crippen LogP contribution in [0.15, 0.2) is 30.6 Å². The number of pyridine rings is 1. The van der Waals surface area contributed by atoms with Crippen LogP contribution in [0.1, 0.15) is 34.9 Å². The van der Waals surface area contributed by atoms with E-state index in [9.17, 15) is 18.0 Å². The van der Waals surface area contributed by atoms with Gasteiger partial charge in [-0.05, 0) is 37.1 Å². The van der Waals surface area contributed by atoms with Gasteiger partial charge in [0.1, 0.15) is 5.69 Å². The van der Waals surface area contributed by atoms with E-state index in [4.69, 9.17) is 0 Å². The van der Waals surface area contributed by atoms with Crippen LogP contribution in [0.4, 0.5) is 13.2 Å². The van der Waals surface area contributed by atoms with E-state index in [0.717, 1.165) is 25.9 Å². The van der Waals surface area contributed by atoms with E-state index in [1.165, 1.54) is 12.3 Å². The summed E-state index contributed by atoms with van der Waals surface area (Å²) in [6, 6.07) is 4.83. The van der Waals surface area contributed by atoms with Gasteiger partial charge in [0.2, 0.25) is 5.88 Å². The molecule has 0 radical (unpaired) electrons.